The number of nitrogens with two attached hydrogens (primary N) is 1. The smallest absolute Gasteiger partial charge is 0.407 e. The van der Waals surface area contributed by atoms with E-state index in [0.29, 0.717) is 0 Å². The fourth-order valence-corrected chi connectivity index (χ4v) is 2.03. The molecule has 0 radical (unpaired) electrons. The minimum absolute atomic E-state index is 0.0953. The molecule has 0 saturated carbocycles. The number of ether oxygens (including phenoxy) is 1. The van der Waals surface area contributed by atoms with Crippen molar-refractivity contribution in [3.05, 3.63) is 58.1 Å². The summed E-state index contributed by atoms with van der Waals surface area (Å²) in [5.74, 6) is -0.825. The summed E-state index contributed by atoms with van der Waals surface area (Å²) in [5, 5.41) is 15.2. The second-order valence-electron chi connectivity index (χ2n) is 4.05. The Morgan fingerprint density at radius 2 is 1.86 bits per heavy atom. The van der Waals surface area contributed by atoms with Gasteiger partial charge in [0.15, 0.2) is 0 Å². The first kappa shape index (κ1) is 14.9. The molecule has 9 heteroatoms. The van der Waals surface area contributed by atoms with Crippen molar-refractivity contribution in [2.45, 2.75) is 11.6 Å². The molecule has 1 aromatic carbocycles. The van der Waals surface area contributed by atoms with Crippen molar-refractivity contribution >= 4 is 15.8 Å². The highest BCUT2D eigenvalue weighted by atomic mass is 32.2. The Kier molecular flexibility index (Phi) is 4.15. The Morgan fingerprint density at radius 3 is 2.43 bits per heavy atom. The second kappa shape index (κ2) is 5.85. The summed E-state index contributed by atoms with van der Waals surface area (Å²) in [5.41, 5.74) is 0.808. The fraction of sp³-hybridized carbons (Fsp3) is 0.0833. The quantitative estimate of drug-likeness (QED) is 0.653. The zero-order valence-electron chi connectivity index (χ0n) is 10.7. The van der Waals surface area contributed by atoms with Gasteiger partial charge in [0.2, 0.25) is 5.75 Å². The molecule has 2 N–H and O–H groups in total. The molecular weight excluding hydrogens is 298 g/mol. The van der Waals surface area contributed by atoms with Crippen LogP contribution in [0.25, 0.3) is 0 Å². The van der Waals surface area contributed by atoms with Gasteiger partial charge < -0.3 is 14.9 Å². The number of hydrogen-bond donors (Lipinski definition) is 1. The van der Waals surface area contributed by atoms with Crippen LogP contribution in [0.15, 0.2) is 47.5 Å². The van der Waals surface area contributed by atoms with Crippen molar-refractivity contribution in [1.29, 1.82) is 0 Å². The molecule has 8 nitrogen and oxygen atoms in total. The SMILES string of the molecule is NS(=O)(=O)c1ccc(OCc2ccccc2)c([N+](=O)[O-])n1. The summed E-state index contributed by atoms with van der Waals surface area (Å²) in [4.78, 5) is 13.5. The molecule has 1 heterocycles. The number of hydrogen-bond acceptors (Lipinski definition) is 6. The lowest BCUT2D eigenvalue weighted by Crippen LogP contribution is -2.15. The highest BCUT2D eigenvalue weighted by Crippen LogP contribution is 2.26. The molecule has 0 aliphatic carbocycles. The van der Waals surface area contributed by atoms with Crippen LogP contribution >= 0.6 is 0 Å². The van der Waals surface area contributed by atoms with Crippen LogP contribution in [0.3, 0.4) is 0 Å². The summed E-state index contributed by atoms with van der Waals surface area (Å²) in [6, 6.07) is 11.2. The maximum absolute atomic E-state index is 11.2. The average molecular weight is 309 g/mol. The Morgan fingerprint density at radius 1 is 1.19 bits per heavy atom. The largest absolute Gasteiger partial charge is 0.481 e. The van der Waals surface area contributed by atoms with Crippen LogP contribution in [0.2, 0.25) is 0 Å². The molecule has 0 aliphatic rings. The van der Waals surface area contributed by atoms with Gasteiger partial charge in [-0.1, -0.05) is 30.3 Å². The van der Waals surface area contributed by atoms with Crippen LogP contribution in [-0.4, -0.2) is 18.3 Å². The van der Waals surface area contributed by atoms with Gasteiger partial charge in [-0.3, -0.25) is 0 Å². The highest BCUT2D eigenvalue weighted by molar-refractivity contribution is 7.89. The predicted molar refractivity (Wildman–Crippen MR) is 73.0 cm³/mol. The van der Waals surface area contributed by atoms with Crippen molar-refractivity contribution in [1.82, 2.24) is 4.98 Å². The van der Waals surface area contributed by atoms with Gasteiger partial charge in [-0.25, -0.2) is 13.6 Å². The number of rotatable bonds is 5. The van der Waals surface area contributed by atoms with Crippen LogP contribution in [-0.2, 0) is 16.6 Å². The molecule has 0 unspecified atom stereocenters. The van der Waals surface area contributed by atoms with Gasteiger partial charge in [-0.15, -0.1) is 0 Å². The van der Waals surface area contributed by atoms with Gasteiger partial charge >= 0.3 is 5.82 Å². The van der Waals surface area contributed by atoms with Crippen molar-refractivity contribution in [2.24, 2.45) is 5.14 Å². The second-order valence-corrected chi connectivity index (χ2v) is 5.56. The number of nitrogens with zero attached hydrogens (tertiary/aromatic N) is 2. The molecule has 2 rings (SSSR count). The summed E-state index contributed by atoms with van der Waals surface area (Å²) in [6.45, 7) is 0.0953. The third kappa shape index (κ3) is 3.74. The molecular formula is C12H11N3O5S. The molecule has 1 aromatic heterocycles. The normalized spacial score (nSPS) is 11.1. The highest BCUT2D eigenvalue weighted by Gasteiger charge is 2.24. The number of pyridine rings is 1. The number of primary sulfonamides is 1. The molecule has 21 heavy (non-hydrogen) atoms. The maximum atomic E-state index is 11.2. The standard InChI is InChI=1S/C12H11N3O5S/c13-21(18,19)11-7-6-10(12(14-11)15(16)17)20-8-9-4-2-1-3-5-9/h1-7H,8H2,(H2,13,18,19). The van der Waals surface area contributed by atoms with E-state index in [9.17, 15) is 18.5 Å². The lowest BCUT2D eigenvalue weighted by Gasteiger charge is -2.06. The van der Waals surface area contributed by atoms with E-state index in [1.807, 2.05) is 6.07 Å². The first-order chi connectivity index (χ1) is 9.88. The molecule has 0 amide bonds. The van der Waals surface area contributed by atoms with Crippen molar-refractivity contribution in [3.63, 3.8) is 0 Å². The van der Waals surface area contributed by atoms with Crippen molar-refractivity contribution in [3.8, 4) is 5.75 Å². The molecule has 0 atom stereocenters. The monoisotopic (exact) mass is 309 g/mol. The fourth-order valence-electron chi connectivity index (χ4n) is 1.56. The Balaban J connectivity index is 2.29. The summed E-state index contributed by atoms with van der Waals surface area (Å²) >= 11 is 0. The predicted octanol–water partition coefficient (Wildman–Crippen LogP) is 1.22. The van der Waals surface area contributed by atoms with Crippen LogP contribution in [0.5, 0.6) is 5.75 Å². The van der Waals surface area contributed by atoms with E-state index in [1.54, 1.807) is 24.3 Å². The Hall–Kier alpha value is -2.52. The zero-order valence-corrected chi connectivity index (χ0v) is 11.5. The van der Waals surface area contributed by atoms with Crippen LogP contribution in [0.1, 0.15) is 5.56 Å². The first-order valence-electron chi connectivity index (χ1n) is 5.73. The summed E-state index contributed by atoms with van der Waals surface area (Å²) in [6.07, 6.45) is 0. The Labute approximate surface area is 120 Å². The summed E-state index contributed by atoms with van der Waals surface area (Å²) in [7, 11) is -4.11. The van der Waals surface area contributed by atoms with E-state index >= 15 is 0 Å². The van der Waals surface area contributed by atoms with Crippen LogP contribution in [0, 0.1) is 10.1 Å². The maximum Gasteiger partial charge on any atom is 0.407 e. The van der Waals surface area contributed by atoms with E-state index in [4.69, 9.17) is 9.88 Å². The van der Waals surface area contributed by atoms with E-state index in [-0.39, 0.29) is 12.4 Å². The molecule has 0 saturated heterocycles. The van der Waals surface area contributed by atoms with E-state index in [0.717, 1.165) is 17.7 Å². The first-order valence-corrected chi connectivity index (χ1v) is 7.27. The molecule has 0 bridgehead atoms. The number of aromatic nitrogens is 1. The topological polar surface area (TPSA) is 125 Å². The van der Waals surface area contributed by atoms with Gasteiger partial charge in [0.25, 0.3) is 15.0 Å². The third-order valence-electron chi connectivity index (χ3n) is 2.52. The number of benzene rings is 1. The van der Waals surface area contributed by atoms with Gasteiger partial charge in [0.05, 0.1) is 0 Å². The lowest BCUT2D eigenvalue weighted by molar-refractivity contribution is -0.391. The molecule has 0 fully saturated rings. The van der Waals surface area contributed by atoms with E-state index < -0.39 is 25.8 Å². The minimum Gasteiger partial charge on any atom is -0.481 e. The number of sulfonamides is 1. The van der Waals surface area contributed by atoms with E-state index in [1.165, 1.54) is 0 Å². The van der Waals surface area contributed by atoms with Crippen LogP contribution in [0.4, 0.5) is 5.82 Å². The molecule has 0 aliphatic heterocycles. The van der Waals surface area contributed by atoms with Crippen LogP contribution < -0.4 is 9.88 Å². The Bertz CT molecular complexity index is 762. The van der Waals surface area contributed by atoms with Gasteiger partial charge in [-0.05, 0) is 21.5 Å². The molecule has 0 spiro atoms. The molecule has 110 valence electrons. The minimum atomic E-state index is -4.11. The number of nitro groups is 1. The summed E-state index contributed by atoms with van der Waals surface area (Å²) < 4.78 is 27.6. The average Bonchev–Trinajstić information content (AvgIpc) is 2.45. The third-order valence-corrected chi connectivity index (χ3v) is 3.33. The zero-order chi connectivity index (χ0) is 15.5. The van der Waals surface area contributed by atoms with Crippen molar-refractivity contribution in [2.75, 3.05) is 0 Å². The lowest BCUT2D eigenvalue weighted by atomic mass is 10.2. The molecule has 2 aromatic rings. The van der Waals surface area contributed by atoms with Crippen molar-refractivity contribution < 1.29 is 18.1 Å². The van der Waals surface area contributed by atoms with Gasteiger partial charge in [0, 0.05) is 6.07 Å². The van der Waals surface area contributed by atoms with E-state index in [2.05, 4.69) is 4.98 Å². The van der Waals surface area contributed by atoms with Gasteiger partial charge in [0.1, 0.15) is 6.61 Å². The van der Waals surface area contributed by atoms with Gasteiger partial charge in [-0.2, -0.15) is 0 Å².